The second-order valence-corrected chi connectivity index (χ2v) is 9.63. The third kappa shape index (κ3) is 2.45. The van der Waals surface area contributed by atoms with Gasteiger partial charge < -0.3 is 4.98 Å². The monoisotopic (exact) mass is 389 g/mol. The van der Waals surface area contributed by atoms with Gasteiger partial charge >= 0.3 is 0 Å². The molecule has 3 aromatic heterocycles. The summed E-state index contributed by atoms with van der Waals surface area (Å²) in [4.78, 5) is 7.47. The number of benzene rings is 1. The fraction of sp³-hybridized carbons (Fsp3) is 0.136. The highest BCUT2D eigenvalue weighted by atomic mass is 32.2. The van der Waals surface area contributed by atoms with Crippen molar-refractivity contribution in [3.8, 4) is 0 Å². The topological polar surface area (TPSA) is 67.8 Å². The smallest absolute Gasteiger partial charge is 0.249 e. The van der Waals surface area contributed by atoms with Crippen LogP contribution in [-0.2, 0) is 10.0 Å². The summed E-state index contributed by atoms with van der Waals surface area (Å²) in [6.45, 7) is 1.77. The first-order valence-electron chi connectivity index (χ1n) is 9.11. The molecule has 28 heavy (non-hydrogen) atoms. The SMILES string of the molecule is CC1(S(=O)(=O)n2ccc3cccnc32)C=CC=C(c2ccc3[nH]ccc3c2)C1. The molecule has 0 radical (unpaired) electrons. The van der Waals surface area contributed by atoms with Crippen molar-refractivity contribution in [1.29, 1.82) is 0 Å². The van der Waals surface area contributed by atoms with Gasteiger partial charge in [-0.05, 0) is 66.3 Å². The van der Waals surface area contributed by atoms with Gasteiger partial charge in [0.05, 0.1) is 0 Å². The maximum absolute atomic E-state index is 13.6. The second-order valence-electron chi connectivity index (χ2n) is 7.35. The predicted molar refractivity (Wildman–Crippen MR) is 112 cm³/mol. The Morgan fingerprint density at radius 1 is 1.14 bits per heavy atom. The number of hydrogen-bond donors (Lipinski definition) is 1. The fourth-order valence-corrected chi connectivity index (χ4v) is 5.49. The van der Waals surface area contributed by atoms with Crippen LogP contribution in [0.15, 0.2) is 79.3 Å². The van der Waals surface area contributed by atoms with Crippen molar-refractivity contribution in [3.63, 3.8) is 0 Å². The molecule has 1 atom stereocenters. The molecule has 0 spiro atoms. The molecule has 6 heteroatoms. The Labute approximate surface area is 163 Å². The van der Waals surface area contributed by atoms with Crippen molar-refractivity contribution in [1.82, 2.24) is 13.9 Å². The van der Waals surface area contributed by atoms with E-state index in [1.807, 2.05) is 42.6 Å². The molecule has 1 aromatic carbocycles. The van der Waals surface area contributed by atoms with Crippen molar-refractivity contribution in [2.24, 2.45) is 0 Å². The largest absolute Gasteiger partial charge is 0.361 e. The normalized spacial score (nSPS) is 20.0. The third-order valence-electron chi connectivity index (χ3n) is 5.48. The van der Waals surface area contributed by atoms with E-state index in [4.69, 9.17) is 0 Å². The molecule has 1 unspecified atom stereocenters. The Bertz CT molecular complexity index is 1380. The van der Waals surface area contributed by atoms with Gasteiger partial charge in [-0.3, -0.25) is 0 Å². The molecule has 0 bridgehead atoms. The Kier molecular flexibility index (Phi) is 3.61. The van der Waals surface area contributed by atoms with Gasteiger partial charge in [0.2, 0.25) is 10.0 Å². The molecular weight excluding hydrogens is 370 g/mol. The van der Waals surface area contributed by atoms with E-state index in [-0.39, 0.29) is 0 Å². The van der Waals surface area contributed by atoms with Crippen LogP contribution in [0.3, 0.4) is 0 Å². The van der Waals surface area contributed by atoms with Crippen molar-refractivity contribution < 1.29 is 8.42 Å². The molecular formula is C22H19N3O2S. The highest BCUT2D eigenvalue weighted by Crippen LogP contribution is 2.37. The van der Waals surface area contributed by atoms with E-state index in [1.165, 1.54) is 3.97 Å². The van der Waals surface area contributed by atoms with Crippen LogP contribution in [0.1, 0.15) is 18.9 Å². The number of aromatic nitrogens is 3. The van der Waals surface area contributed by atoms with E-state index in [1.54, 1.807) is 37.5 Å². The number of allylic oxidation sites excluding steroid dienone is 3. The molecule has 5 nitrogen and oxygen atoms in total. The Hall–Kier alpha value is -3.12. The van der Waals surface area contributed by atoms with Crippen LogP contribution < -0.4 is 0 Å². The van der Waals surface area contributed by atoms with Crippen molar-refractivity contribution in [2.75, 3.05) is 0 Å². The van der Waals surface area contributed by atoms with E-state index in [9.17, 15) is 8.42 Å². The van der Waals surface area contributed by atoms with Gasteiger partial charge in [0, 0.05) is 29.5 Å². The van der Waals surface area contributed by atoms with Crippen LogP contribution in [-0.4, -0.2) is 27.1 Å². The number of hydrogen-bond acceptors (Lipinski definition) is 3. The molecule has 4 aromatic rings. The maximum atomic E-state index is 13.6. The van der Waals surface area contributed by atoms with Crippen molar-refractivity contribution >= 4 is 37.5 Å². The summed E-state index contributed by atoms with van der Waals surface area (Å²) in [7, 11) is -3.70. The zero-order valence-electron chi connectivity index (χ0n) is 15.3. The Balaban J connectivity index is 1.56. The quantitative estimate of drug-likeness (QED) is 0.561. The van der Waals surface area contributed by atoms with Crippen LogP contribution in [0.5, 0.6) is 0 Å². The molecule has 1 aliphatic carbocycles. The Morgan fingerprint density at radius 2 is 2.04 bits per heavy atom. The first-order chi connectivity index (χ1) is 13.5. The molecule has 0 fully saturated rings. The van der Waals surface area contributed by atoms with Crippen LogP contribution >= 0.6 is 0 Å². The van der Waals surface area contributed by atoms with Gasteiger partial charge in [-0.2, -0.15) is 0 Å². The standard InChI is InChI=1S/C22H19N3O2S/c1-22(28(26,27)25-13-9-16-5-3-11-24-21(16)25)10-2-4-19(15-22)17-6-7-20-18(14-17)8-12-23-20/h2-14,23H,15H2,1H3. The summed E-state index contributed by atoms with van der Waals surface area (Å²) < 4.78 is 27.4. The number of fused-ring (bicyclic) bond motifs is 2. The summed E-state index contributed by atoms with van der Waals surface area (Å²) in [6, 6.07) is 13.6. The average Bonchev–Trinajstić information content (AvgIpc) is 3.34. The summed E-state index contributed by atoms with van der Waals surface area (Å²) in [5, 5.41) is 1.92. The average molecular weight is 389 g/mol. The van der Waals surface area contributed by atoms with Gasteiger partial charge in [0.15, 0.2) is 5.65 Å². The molecule has 0 saturated heterocycles. The van der Waals surface area contributed by atoms with E-state index in [2.05, 4.69) is 16.0 Å². The predicted octanol–water partition coefficient (Wildman–Crippen LogP) is 4.50. The van der Waals surface area contributed by atoms with Crippen molar-refractivity contribution in [2.45, 2.75) is 18.1 Å². The minimum Gasteiger partial charge on any atom is -0.361 e. The third-order valence-corrected chi connectivity index (χ3v) is 7.75. The van der Waals surface area contributed by atoms with Gasteiger partial charge in [-0.15, -0.1) is 0 Å². The lowest BCUT2D eigenvalue weighted by Gasteiger charge is -2.30. The van der Waals surface area contributed by atoms with Crippen LogP contribution in [0.2, 0.25) is 0 Å². The summed E-state index contributed by atoms with van der Waals surface area (Å²) in [5.41, 5.74) is 3.56. The van der Waals surface area contributed by atoms with Crippen molar-refractivity contribution in [3.05, 3.63) is 84.8 Å². The molecule has 1 aliphatic rings. The van der Waals surface area contributed by atoms with Gasteiger partial charge in [0.25, 0.3) is 0 Å². The lowest BCUT2D eigenvalue weighted by atomic mass is 9.90. The molecule has 140 valence electrons. The van der Waals surface area contributed by atoms with E-state index >= 15 is 0 Å². The molecule has 0 amide bonds. The highest BCUT2D eigenvalue weighted by molar-refractivity contribution is 7.91. The summed E-state index contributed by atoms with van der Waals surface area (Å²) >= 11 is 0. The molecule has 3 heterocycles. The second kappa shape index (κ2) is 5.94. The van der Waals surface area contributed by atoms with Crippen LogP contribution in [0.25, 0.3) is 27.5 Å². The van der Waals surface area contributed by atoms with E-state index in [0.717, 1.165) is 27.4 Å². The minimum atomic E-state index is -3.70. The number of nitrogens with one attached hydrogen (secondary N) is 1. The number of aromatic amines is 1. The molecule has 0 saturated carbocycles. The first kappa shape index (κ1) is 17.0. The zero-order chi connectivity index (χ0) is 19.4. The fourth-order valence-electron chi connectivity index (χ4n) is 3.85. The summed E-state index contributed by atoms with van der Waals surface area (Å²) in [5.74, 6) is 0. The number of nitrogens with zero attached hydrogens (tertiary/aromatic N) is 2. The number of H-pyrrole nitrogens is 1. The maximum Gasteiger partial charge on any atom is 0.249 e. The van der Waals surface area contributed by atoms with Gasteiger partial charge in [0.1, 0.15) is 4.75 Å². The minimum absolute atomic E-state index is 0.397. The lowest BCUT2D eigenvalue weighted by Crippen LogP contribution is -2.38. The lowest BCUT2D eigenvalue weighted by molar-refractivity contribution is 0.556. The zero-order valence-corrected chi connectivity index (χ0v) is 16.1. The Morgan fingerprint density at radius 3 is 2.93 bits per heavy atom. The van der Waals surface area contributed by atoms with E-state index < -0.39 is 14.8 Å². The number of pyridine rings is 1. The first-order valence-corrected chi connectivity index (χ1v) is 10.6. The van der Waals surface area contributed by atoms with Crippen LogP contribution in [0.4, 0.5) is 0 Å². The van der Waals surface area contributed by atoms with E-state index in [0.29, 0.717) is 12.1 Å². The number of rotatable bonds is 3. The molecule has 5 rings (SSSR count). The van der Waals surface area contributed by atoms with Gasteiger partial charge in [-0.25, -0.2) is 17.4 Å². The molecule has 0 aliphatic heterocycles. The highest BCUT2D eigenvalue weighted by Gasteiger charge is 2.41. The van der Waals surface area contributed by atoms with Gasteiger partial charge in [-0.1, -0.05) is 24.3 Å². The van der Waals surface area contributed by atoms with Crippen LogP contribution in [0, 0.1) is 0 Å². The molecule has 1 N–H and O–H groups in total. The summed E-state index contributed by atoms with van der Waals surface area (Å²) in [6.07, 6.45) is 11.1.